The van der Waals surface area contributed by atoms with Crippen LogP contribution in [0.2, 0.25) is 0 Å². The number of nitrogens with zero attached hydrogens (tertiary/aromatic N) is 3. The Morgan fingerprint density at radius 3 is 2.67 bits per heavy atom. The van der Waals surface area contributed by atoms with Gasteiger partial charge in [-0.2, -0.15) is 4.68 Å². The molecule has 0 fully saturated rings. The van der Waals surface area contributed by atoms with Gasteiger partial charge in [0.15, 0.2) is 0 Å². The number of nitrogen functional groups attached to an aromatic ring is 1. The molecule has 122 valence electrons. The lowest BCUT2D eigenvalue weighted by Gasteiger charge is -2.09. The number of nitrogens with two attached hydrogens (primary N) is 1. The van der Waals surface area contributed by atoms with E-state index >= 15 is 0 Å². The van der Waals surface area contributed by atoms with Crippen LogP contribution in [0.15, 0.2) is 64.5 Å². The highest BCUT2D eigenvalue weighted by atomic mass is 32.2. The summed E-state index contributed by atoms with van der Waals surface area (Å²) >= 11 is 1.31. The third kappa shape index (κ3) is 3.72. The number of benzene rings is 2. The van der Waals surface area contributed by atoms with E-state index in [4.69, 9.17) is 5.84 Å². The fourth-order valence-corrected chi connectivity index (χ4v) is 2.80. The smallest absolute Gasteiger partial charge is 0.315 e. The van der Waals surface area contributed by atoms with Gasteiger partial charge >= 0.3 is 5.56 Å². The van der Waals surface area contributed by atoms with Crippen LogP contribution in [0.5, 0.6) is 0 Å². The van der Waals surface area contributed by atoms with Gasteiger partial charge in [0.2, 0.25) is 11.0 Å². The molecule has 3 aromatic rings. The SMILES string of the molecule is Nn1c(SCc2ccccc2)nnc(Nc2cccc(F)c2)c1=O. The second kappa shape index (κ2) is 7.14. The largest absolute Gasteiger partial charge is 0.334 e. The summed E-state index contributed by atoms with van der Waals surface area (Å²) in [5.41, 5.74) is 0.939. The Bertz CT molecular complexity index is 900. The van der Waals surface area contributed by atoms with Gasteiger partial charge in [-0.3, -0.25) is 4.79 Å². The van der Waals surface area contributed by atoms with Crippen LogP contribution in [0, 0.1) is 5.82 Å². The molecule has 1 aromatic heterocycles. The van der Waals surface area contributed by atoms with E-state index in [0.717, 1.165) is 10.2 Å². The average Bonchev–Trinajstić information content (AvgIpc) is 2.59. The van der Waals surface area contributed by atoms with Crippen LogP contribution in [0.25, 0.3) is 0 Å². The van der Waals surface area contributed by atoms with Crippen molar-refractivity contribution in [2.75, 3.05) is 11.2 Å². The number of anilines is 2. The Morgan fingerprint density at radius 1 is 1.12 bits per heavy atom. The molecule has 0 atom stereocenters. The zero-order valence-electron chi connectivity index (χ0n) is 12.5. The molecule has 0 aliphatic rings. The standard InChI is InChI=1S/C16H14FN5OS/c17-12-7-4-8-13(9-12)19-14-15(23)22(18)16(21-20-14)24-10-11-5-2-1-3-6-11/h1-9H,10,18H2,(H,19,20). The summed E-state index contributed by atoms with van der Waals surface area (Å²) in [5, 5.41) is 10.8. The molecule has 2 aromatic carbocycles. The molecule has 0 unspecified atom stereocenters. The maximum atomic E-state index is 13.2. The Balaban J connectivity index is 1.77. The minimum Gasteiger partial charge on any atom is -0.334 e. The third-order valence-corrected chi connectivity index (χ3v) is 4.18. The molecule has 6 nitrogen and oxygen atoms in total. The van der Waals surface area contributed by atoms with Crippen LogP contribution in [0.4, 0.5) is 15.9 Å². The van der Waals surface area contributed by atoms with Gasteiger partial charge in [0.25, 0.3) is 0 Å². The number of hydrogen-bond donors (Lipinski definition) is 2. The van der Waals surface area contributed by atoms with E-state index in [1.807, 2.05) is 30.3 Å². The van der Waals surface area contributed by atoms with Crippen molar-refractivity contribution in [3.05, 3.63) is 76.3 Å². The van der Waals surface area contributed by atoms with E-state index < -0.39 is 11.4 Å². The lowest BCUT2D eigenvalue weighted by Crippen LogP contribution is -2.32. The highest BCUT2D eigenvalue weighted by molar-refractivity contribution is 7.98. The van der Waals surface area contributed by atoms with Crippen LogP contribution < -0.4 is 16.7 Å². The fourth-order valence-electron chi connectivity index (χ4n) is 1.99. The lowest BCUT2D eigenvalue weighted by molar-refractivity contribution is 0.628. The molecule has 0 saturated carbocycles. The van der Waals surface area contributed by atoms with Gasteiger partial charge in [-0.1, -0.05) is 48.2 Å². The second-order valence-corrected chi connectivity index (χ2v) is 5.86. The maximum absolute atomic E-state index is 13.2. The zero-order valence-corrected chi connectivity index (χ0v) is 13.3. The van der Waals surface area contributed by atoms with E-state index in [0.29, 0.717) is 16.6 Å². The number of hydrogen-bond acceptors (Lipinski definition) is 6. The van der Waals surface area contributed by atoms with Crippen molar-refractivity contribution >= 4 is 23.3 Å². The Hall–Kier alpha value is -2.87. The summed E-state index contributed by atoms with van der Waals surface area (Å²) in [6, 6.07) is 15.4. The predicted molar refractivity (Wildman–Crippen MR) is 92.1 cm³/mol. The molecule has 0 aliphatic carbocycles. The third-order valence-electron chi connectivity index (χ3n) is 3.16. The van der Waals surface area contributed by atoms with E-state index in [-0.39, 0.29) is 5.82 Å². The normalized spacial score (nSPS) is 10.5. The van der Waals surface area contributed by atoms with Crippen molar-refractivity contribution in [2.45, 2.75) is 10.9 Å². The minimum atomic E-state index is -0.537. The Kier molecular flexibility index (Phi) is 4.76. The van der Waals surface area contributed by atoms with Crippen molar-refractivity contribution < 1.29 is 4.39 Å². The number of thioether (sulfide) groups is 1. The van der Waals surface area contributed by atoms with Crippen LogP contribution in [-0.4, -0.2) is 14.9 Å². The molecule has 1 heterocycles. The molecule has 24 heavy (non-hydrogen) atoms. The molecule has 0 radical (unpaired) electrons. The lowest BCUT2D eigenvalue weighted by atomic mass is 10.2. The Morgan fingerprint density at radius 2 is 1.92 bits per heavy atom. The van der Waals surface area contributed by atoms with Gasteiger partial charge in [-0.25, -0.2) is 4.39 Å². The number of halogens is 1. The van der Waals surface area contributed by atoms with Crippen molar-refractivity contribution in [3.63, 3.8) is 0 Å². The van der Waals surface area contributed by atoms with E-state index in [9.17, 15) is 9.18 Å². The number of rotatable bonds is 5. The summed E-state index contributed by atoms with van der Waals surface area (Å²) in [6.07, 6.45) is 0. The van der Waals surface area contributed by atoms with E-state index in [1.165, 1.54) is 30.0 Å². The summed E-state index contributed by atoms with van der Waals surface area (Å²) < 4.78 is 14.1. The monoisotopic (exact) mass is 343 g/mol. The van der Waals surface area contributed by atoms with Gasteiger partial charge in [-0.15, -0.1) is 10.2 Å². The van der Waals surface area contributed by atoms with Crippen molar-refractivity contribution in [3.8, 4) is 0 Å². The molecule has 0 saturated heterocycles. The average molecular weight is 343 g/mol. The molecular formula is C16H14FN5OS. The molecule has 0 bridgehead atoms. The first-order valence-electron chi connectivity index (χ1n) is 7.07. The Labute approximate surface area is 141 Å². The summed E-state index contributed by atoms with van der Waals surface area (Å²) in [4.78, 5) is 12.3. The summed E-state index contributed by atoms with van der Waals surface area (Å²) in [6.45, 7) is 0. The van der Waals surface area contributed by atoms with E-state index in [1.54, 1.807) is 6.07 Å². The minimum absolute atomic E-state index is 0.0628. The quantitative estimate of drug-likeness (QED) is 0.547. The molecule has 0 spiro atoms. The van der Waals surface area contributed by atoms with Gasteiger partial charge in [0.05, 0.1) is 0 Å². The fraction of sp³-hybridized carbons (Fsp3) is 0.0625. The summed E-state index contributed by atoms with van der Waals surface area (Å²) in [7, 11) is 0. The highest BCUT2D eigenvalue weighted by Gasteiger charge is 2.11. The first-order valence-corrected chi connectivity index (χ1v) is 8.06. The van der Waals surface area contributed by atoms with Gasteiger partial charge < -0.3 is 11.2 Å². The first-order chi connectivity index (χ1) is 11.6. The van der Waals surface area contributed by atoms with Crippen LogP contribution >= 0.6 is 11.8 Å². The van der Waals surface area contributed by atoms with Crippen molar-refractivity contribution in [1.29, 1.82) is 0 Å². The predicted octanol–water partition coefficient (Wildman–Crippen LogP) is 2.53. The highest BCUT2D eigenvalue weighted by Crippen LogP contribution is 2.19. The van der Waals surface area contributed by atoms with Crippen LogP contribution in [0.3, 0.4) is 0 Å². The van der Waals surface area contributed by atoms with Crippen LogP contribution in [0.1, 0.15) is 5.56 Å². The topological polar surface area (TPSA) is 85.8 Å². The first kappa shape index (κ1) is 16.0. The number of nitrogens with one attached hydrogen (secondary N) is 1. The number of aromatic nitrogens is 3. The van der Waals surface area contributed by atoms with Crippen LogP contribution in [-0.2, 0) is 5.75 Å². The van der Waals surface area contributed by atoms with E-state index in [2.05, 4.69) is 15.5 Å². The van der Waals surface area contributed by atoms with Crippen molar-refractivity contribution in [2.24, 2.45) is 0 Å². The maximum Gasteiger partial charge on any atom is 0.315 e. The second-order valence-electron chi connectivity index (χ2n) is 4.92. The molecule has 8 heteroatoms. The molecule has 0 aliphatic heterocycles. The van der Waals surface area contributed by atoms with Gasteiger partial charge in [0.1, 0.15) is 5.82 Å². The van der Waals surface area contributed by atoms with Crippen molar-refractivity contribution in [1.82, 2.24) is 14.9 Å². The molecular weight excluding hydrogens is 329 g/mol. The van der Waals surface area contributed by atoms with Gasteiger partial charge in [-0.05, 0) is 23.8 Å². The molecule has 3 rings (SSSR count). The summed E-state index contributed by atoms with van der Waals surface area (Å²) in [5.74, 6) is 5.93. The molecule has 0 amide bonds. The molecule has 3 N–H and O–H groups in total. The van der Waals surface area contributed by atoms with Gasteiger partial charge in [0, 0.05) is 11.4 Å². The zero-order chi connectivity index (χ0) is 16.9.